The monoisotopic (exact) mass is 556 g/mol. The van der Waals surface area contributed by atoms with Crippen LogP contribution >= 0.6 is 0 Å². The lowest BCUT2D eigenvalue weighted by molar-refractivity contribution is -0.132. The molecule has 40 heavy (non-hydrogen) atoms. The smallest absolute Gasteiger partial charge is 0.243 e. The molecule has 0 radical (unpaired) electrons. The highest BCUT2D eigenvalue weighted by atomic mass is 16.2. The maximum atomic E-state index is 13.4. The minimum Gasteiger partial charge on any atom is -0.370 e. The van der Waals surface area contributed by atoms with Crippen molar-refractivity contribution >= 4 is 29.6 Å². The number of nitrogens with zero attached hydrogens (tertiary/aromatic N) is 3. The first-order valence-electron chi connectivity index (χ1n) is 12.9. The third kappa shape index (κ3) is 12.3. The number of nitrogens with two attached hydrogens (primary N) is 5. The number of carbonyl (C=O) groups excluding carboxylic acids is 3. The molecule has 1 aromatic heterocycles. The number of hydrogen-bond donors (Lipinski definition) is 9. The van der Waals surface area contributed by atoms with Crippen molar-refractivity contribution in [2.45, 2.75) is 56.8 Å². The van der Waals surface area contributed by atoms with Crippen molar-refractivity contribution in [3.8, 4) is 0 Å². The molecule has 2 aromatic rings. The van der Waals surface area contributed by atoms with Gasteiger partial charge in [0.1, 0.15) is 12.1 Å². The van der Waals surface area contributed by atoms with E-state index >= 15 is 0 Å². The molecule has 0 spiro atoms. The number of imidazole rings is 1. The van der Waals surface area contributed by atoms with Crippen molar-refractivity contribution in [1.82, 2.24) is 25.9 Å². The zero-order chi connectivity index (χ0) is 29.3. The van der Waals surface area contributed by atoms with E-state index in [1.54, 1.807) is 6.20 Å². The predicted octanol–water partition coefficient (Wildman–Crippen LogP) is -2.33. The van der Waals surface area contributed by atoms with Gasteiger partial charge in [0.05, 0.1) is 12.4 Å². The zero-order valence-electron chi connectivity index (χ0n) is 22.4. The van der Waals surface area contributed by atoms with Gasteiger partial charge >= 0.3 is 0 Å². The Balaban J connectivity index is 2.09. The summed E-state index contributed by atoms with van der Waals surface area (Å²) in [7, 11) is 0. The summed E-state index contributed by atoms with van der Waals surface area (Å²) in [6, 6.07) is 6.54. The molecule has 0 unspecified atom stereocenters. The number of rotatable bonds is 17. The molecule has 0 aliphatic carbocycles. The maximum absolute atomic E-state index is 13.4. The van der Waals surface area contributed by atoms with Crippen LogP contribution < -0.4 is 44.6 Å². The second-order valence-electron chi connectivity index (χ2n) is 9.11. The van der Waals surface area contributed by atoms with Crippen LogP contribution in [-0.2, 0) is 27.3 Å². The Morgan fingerprint density at radius 3 is 2.08 bits per heavy atom. The summed E-state index contributed by atoms with van der Waals surface area (Å²) in [5.74, 6) is -1.58. The Morgan fingerprint density at radius 2 is 1.48 bits per heavy atom. The number of amides is 3. The molecule has 15 heteroatoms. The standard InChI is InChI=1S/C25H40N12O3/c26-18(8-4-10-32-24(27)28)21(38)37-20(12-17-14-31-15-35-17)23(40)36-19(9-5-11-33-25(29)30)22(39)34-13-16-6-2-1-3-7-16/h1-3,6-7,14-15,18-20H,4-5,8-13,26H2,(H,31,35)(H,34,39)(H,36,40)(H,37,38)(H4,27,28,32)(H4,29,30,33)/t18-,19-,20-/m0/s1. The van der Waals surface area contributed by atoms with Gasteiger partial charge in [-0.15, -0.1) is 0 Å². The van der Waals surface area contributed by atoms with Gasteiger partial charge in [0.25, 0.3) is 0 Å². The number of aliphatic imine (C=N–C) groups is 2. The van der Waals surface area contributed by atoms with E-state index in [0.717, 1.165) is 5.56 Å². The molecule has 0 aliphatic rings. The highest BCUT2D eigenvalue weighted by molar-refractivity contribution is 5.93. The van der Waals surface area contributed by atoms with E-state index in [-0.39, 0.29) is 43.8 Å². The van der Waals surface area contributed by atoms with E-state index in [4.69, 9.17) is 28.7 Å². The largest absolute Gasteiger partial charge is 0.370 e. The van der Waals surface area contributed by atoms with Gasteiger partial charge in [-0.1, -0.05) is 30.3 Å². The molecule has 0 fully saturated rings. The number of aromatic nitrogens is 2. The lowest BCUT2D eigenvalue weighted by Crippen LogP contribution is -2.56. The van der Waals surface area contributed by atoms with Crippen molar-refractivity contribution in [1.29, 1.82) is 0 Å². The van der Waals surface area contributed by atoms with Gasteiger partial charge < -0.3 is 49.6 Å². The average Bonchev–Trinajstić information content (AvgIpc) is 3.44. The summed E-state index contributed by atoms with van der Waals surface area (Å²) in [6.07, 6.45) is 4.58. The van der Waals surface area contributed by atoms with Crippen LogP contribution in [0.1, 0.15) is 36.9 Å². The minimum atomic E-state index is -1.03. The zero-order valence-corrected chi connectivity index (χ0v) is 22.4. The van der Waals surface area contributed by atoms with Gasteiger partial charge in [-0.05, 0) is 31.2 Å². The summed E-state index contributed by atoms with van der Waals surface area (Å²) in [4.78, 5) is 54.0. The van der Waals surface area contributed by atoms with Crippen LogP contribution in [0, 0.1) is 0 Å². The number of H-pyrrole nitrogens is 1. The van der Waals surface area contributed by atoms with Crippen molar-refractivity contribution in [2.75, 3.05) is 13.1 Å². The summed E-state index contributed by atoms with van der Waals surface area (Å²) in [5.41, 5.74) is 29.0. The second-order valence-corrected chi connectivity index (χ2v) is 9.11. The van der Waals surface area contributed by atoms with Crippen molar-refractivity contribution in [2.24, 2.45) is 38.7 Å². The fraction of sp³-hybridized carbons (Fsp3) is 0.440. The number of carbonyl (C=O) groups is 3. The van der Waals surface area contributed by atoms with E-state index in [2.05, 4.69) is 35.9 Å². The molecule has 0 aliphatic heterocycles. The fourth-order valence-corrected chi connectivity index (χ4v) is 3.71. The third-order valence-electron chi connectivity index (χ3n) is 5.80. The van der Waals surface area contributed by atoms with Gasteiger partial charge in [0.15, 0.2) is 11.9 Å². The van der Waals surface area contributed by atoms with Crippen molar-refractivity contribution < 1.29 is 14.4 Å². The van der Waals surface area contributed by atoms with Gasteiger partial charge in [-0.25, -0.2) is 4.98 Å². The van der Waals surface area contributed by atoms with Gasteiger partial charge in [0, 0.05) is 37.9 Å². The molecule has 0 bridgehead atoms. The topological polar surface area (TPSA) is 271 Å². The number of aromatic amines is 1. The molecule has 2 rings (SSSR count). The Hall–Kier alpha value is -4.66. The Kier molecular flexibility index (Phi) is 13.4. The van der Waals surface area contributed by atoms with Gasteiger partial charge in [-0.3, -0.25) is 24.4 Å². The van der Waals surface area contributed by atoms with E-state index in [1.807, 2.05) is 30.3 Å². The fourth-order valence-electron chi connectivity index (χ4n) is 3.71. The molecule has 1 heterocycles. The average molecular weight is 557 g/mol. The summed E-state index contributed by atoms with van der Waals surface area (Å²) in [6.45, 7) is 0.883. The summed E-state index contributed by atoms with van der Waals surface area (Å²) >= 11 is 0. The lowest BCUT2D eigenvalue weighted by Gasteiger charge is -2.24. The highest BCUT2D eigenvalue weighted by Gasteiger charge is 2.28. The van der Waals surface area contributed by atoms with Crippen LogP contribution in [-0.4, -0.2) is 70.8 Å². The number of guanidine groups is 2. The molecule has 3 atom stereocenters. The number of benzene rings is 1. The SMILES string of the molecule is NC(N)=NCCC[C@H](NC(=O)[C@H](Cc1cnc[nH]1)NC(=O)[C@@H](N)CCCN=C(N)N)C(=O)NCc1ccccc1. The third-order valence-corrected chi connectivity index (χ3v) is 5.80. The molecule has 1 aromatic carbocycles. The molecule has 3 amide bonds. The van der Waals surface area contributed by atoms with Gasteiger partial charge in [0.2, 0.25) is 17.7 Å². The Labute approximate surface area is 232 Å². The highest BCUT2D eigenvalue weighted by Crippen LogP contribution is 2.06. The lowest BCUT2D eigenvalue weighted by atomic mass is 10.1. The molecule has 14 N–H and O–H groups in total. The molecule has 0 saturated carbocycles. The molecule has 0 saturated heterocycles. The van der Waals surface area contributed by atoms with Crippen LogP contribution in [0.3, 0.4) is 0 Å². The van der Waals surface area contributed by atoms with E-state index in [1.165, 1.54) is 6.33 Å². The quantitative estimate of drug-likeness (QED) is 0.0573. The summed E-state index contributed by atoms with van der Waals surface area (Å²) in [5, 5.41) is 8.30. The molecular weight excluding hydrogens is 516 g/mol. The van der Waals surface area contributed by atoms with Crippen molar-refractivity contribution in [3.05, 3.63) is 54.1 Å². The van der Waals surface area contributed by atoms with Crippen LogP contribution in [0.5, 0.6) is 0 Å². The van der Waals surface area contributed by atoms with Crippen LogP contribution in [0.2, 0.25) is 0 Å². The molecule has 15 nitrogen and oxygen atoms in total. The minimum absolute atomic E-state index is 0.0463. The Bertz CT molecular complexity index is 1110. The van der Waals surface area contributed by atoms with E-state index < -0.39 is 29.9 Å². The van der Waals surface area contributed by atoms with Crippen LogP contribution in [0.15, 0.2) is 52.8 Å². The van der Waals surface area contributed by atoms with Crippen LogP contribution in [0.4, 0.5) is 0 Å². The summed E-state index contributed by atoms with van der Waals surface area (Å²) < 4.78 is 0. The first-order valence-corrected chi connectivity index (χ1v) is 12.9. The molecule has 218 valence electrons. The Morgan fingerprint density at radius 1 is 0.850 bits per heavy atom. The normalized spacial score (nSPS) is 12.8. The second kappa shape index (κ2) is 17.0. The number of hydrogen-bond acceptors (Lipinski definition) is 7. The van der Waals surface area contributed by atoms with E-state index in [9.17, 15) is 14.4 Å². The first kappa shape index (κ1) is 31.6. The van der Waals surface area contributed by atoms with Crippen LogP contribution in [0.25, 0.3) is 0 Å². The maximum Gasteiger partial charge on any atom is 0.243 e. The van der Waals surface area contributed by atoms with Crippen molar-refractivity contribution in [3.63, 3.8) is 0 Å². The molecular formula is C25H40N12O3. The first-order chi connectivity index (χ1) is 19.2. The van der Waals surface area contributed by atoms with Gasteiger partial charge in [-0.2, -0.15) is 0 Å². The number of nitrogens with one attached hydrogen (secondary N) is 4. The predicted molar refractivity (Wildman–Crippen MR) is 152 cm³/mol. The van der Waals surface area contributed by atoms with E-state index in [0.29, 0.717) is 31.5 Å².